The summed E-state index contributed by atoms with van der Waals surface area (Å²) in [5.41, 5.74) is 3.21. The van der Waals surface area contributed by atoms with Gasteiger partial charge in [0.25, 0.3) is 11.6 Å². The second kappa shape index (κ2) is 11.7. The molecule has 0 radical (unpaired) electrons. The summed E-state index contributed by atoms with van der Waals surface area (Å²) in [6.07, 6.45) is 1.16. The van der Waals surface area contributed by atoms with Gasteiger partial charge in [0.2, 0.25) is 0 Å². The average Bonchev–Trinajstić information content (AvgIpc) is 3.33. The first-order valence-electron chi connectivity index (χ1n) is 13.9. The molecule has 10 nitrogen and oxygen atoms in total. The topological polar surface area (TPSA) is 117 Å². The van der Waals surface area contributed by atoms with Crippen LogP contribution in [0.5, 0.6) is 11.5 Å². The lowest BCUT2D eigenvalue weighted by Crippen LogP contribution is -2.28. The number of methoxy groups -OCH3 is 2. The van der Waals surface area contributed by atoms with Gasteiger partial charge in [0, 0.05) is 38.1 Å². The third kappa shape index (κ3) is 5.99. The van der Waals surface area contributed by atoms with E-state index in [1.165, 1.54) is 15.6 Å². The predicted octanol–water partition coefficient (Wildman–Crippen LogP) is 5.82. The van der Waals surface area contributed by atoms with Crippen LogP contribution in [0.25, 0.3) is 5.69 Å². The van der Waals surface area contributed by atoms with Crippen LogP contribution in [0.4, 0.5) is 5.69 Å². The molecule has 1 aliphatic carbocycles. The number of ether oxygens (including phenoxy) is 2. The molecule has 43 heavy (non-hydrogen) atoms. The molecule has 4 aromatic rings. The summed E-state index contributed by atoms with van der Waals surface area (Å²) >= 11 is 0. The van der Waals surface area contributed by atoms with Crippen molar-refractivity contribution < 1.29 is 24.0 Å². The molecule has 222 valence electrons. The molecule has 0 saturated heterocycles. The molecular weight excluding hydrogens is 548 g/mol. The number of rotatable bonds is 9. The zero-order valence-electron chi connectivity index (χ0n) is 24.9. The van der Waals surface area contributed by atoms with Gasteiger partial charge < -0.3 is 14.4 Å². The predicted molar refractivity (Wildman–Crippen MR) is 161 cm³/mol. The van der Waals surface area contributed by atoms with Gasteiger partial charge in [-0.2, -0.15) is 5.10 Å². The Morgan fingerprint density at radius 2 is 1.72 bits per heavy atom. The molecule has 0 aliphatic heterocycles. The molecule has 0 N–H and O–H groups in total. The Balaban J connectivity index is 1.56. The number of nitrogens with zero attached hydrogens (tertiary/aromatic N) is 4. The van der Waals surface area contributed by atoms with Gasteiger partial charge in [-0.1, -0.05) is 50.2 Å². The highest BCUT2D eigenvalue weighted by atomic mass is 16.6. The molecule has 0 saturated carbocycles. The number of ketones is 1. The van der Waals surface area contributed by atoms with Crippen LogP contribution < -0.4 is 9.47 Å². The van der Waals surface area contributed by atoms with E-state index >= 15 is 0 Å². The fourth-order valence-corrected chi connectivity index (χ4v) is 5.67. The third-order valence-corrected chi connectivity index (χ3v) is 7.69. The van der Waals surface area contributed by atoms with E-state index in [1.807, 2.05) is 56.3 Å². The highest BCUT2D eigenvalue weighted by Crippen LogP contribution is 2.39. The molecular formula is C33H34N4O6. The van der Waals surface area contributed by atoms with E-state index in [1.54, 1.807) is 39.5 Å². The van der Waals surface area contributed by atoms with Crippen LogP contribution in [-0.4, -0.2) is 52.6 Å². The summed E-state index contributed by atoms with van der Waals surface area (Å²) < 4.78 is 12.3. The number of hydrogen-bond acceptors (Lipinski definition) is 7. The molecule has 1 aromatic heterocycles. The zero-order chi connectivity index (χ0) is 30.9. The monoisotopic (exact) mass is 582 g/mol. The van der Waals surface area contributed by atoms with Crippen LogP contribution in [-0.2, 0) is 19.4 Å². The number of nitro groups is 1. The second-order valence-electron chi connectivity index (χ2n) is 11.6. The minimum absolute atomic E-state index is 0.0510. The SMILES string of the molecule is COc1ccc(Cc2nn(-c3ccc(C(=O)N(C)Cc4ccccc4)cc3[N+](=O)[O-])c3c2C(=O)CC(C)(C)C3)cc1OC. The van der Waals surface area contributed by atoms with Crippen molar-refractivity contribution in [2.24, 2.45) is 5.41 Å². The molecule has 1 amide bonds. The van der Waals surface area contributed by atoms with E-state index in [2.05, 4.69) is 0 Å². The van der Waals surface area contributed by atoms with Gasteiger partial charge in [-0.3, -0.25) is 19.7 Å². The van der Waals surface area contributed by atoms with E-state index in [0.29, 0.717) is 54.3 Å². The van der Waals surface area contributed by atoms with Gasteiger partial charge in [-0.25, -0.2) is 4.68 Å². The van der Waals surface area contributed by atoms with E-state index in [-0.39, 0.29) is 34.0 Å². The number of nitro benzene ring substituents is 1. The third-order valence-electron chi connectivity index (χ3n) is 7.69. The lowest BCUT2D eigenvalue weighted by Gasteiger charge is -2.29. The largest absolute Gasteiger partial charge is 0.493 e. The van der Waals surface area contributed by atoms with Crippen molar-refractivity contribution >= 4 is 17.4 Å². The standard InChI is InChI=1S/C33H34N4O6/c1-33(2)18-27-31(28(38)19-33)24(15-22-11-14-29(42-4)30(16-22)43-5)34-36(27)25-13-12-23(17-26(25)37(40)41)32(39)35(3)20-21-9-7-6-8-10-21/h6-14,16-17H,15,18-20H2,1-5H3. The first kappa shape index (κ1) is 29.5. The minimum atomic E-state index is -0.513. The number of fused-ring (bicyclic) bond motifs is 1. The summed E-state index contributed by atoms with van der Waals surface area (Å²) in [5.74, 6) is 0.738. The second-order valence-corrected chi connectivity index (χ2v) is 11.6. The van der Waals surface area contributed by atoms with Gasteiger partial charge >= 0.3 is 0 Å². The Kier molecular flexibility index (Phi) is 8.04. The van der Waals surface area contributed by atoms with Crippen LogP contribution in [0.15, 0.2) is 66.7 Å². The molecule has 1 heterocycles. The lowest BCUT2D eigenvalue weighted by atomic mass is 9.75. The fourth-order valence-electron chi connectivity index (χ4n) is 5.67. The maximum Gasteiger partial charge on any atom is 0.295 e. The van der Waals surface area contributed by atoms with Crippen LogP contribution in [0.2, 0.25) is 0 Å². The number of Topliss-reactive ketones (excluding diaryl/α,β-unsaturated/α-hetero) is 1. The molecule has 0 atom stereocenters. The first-order valence-corrected chi connectivity index (χ1v) is 13.9. The van der Waals surface area contributed by atoms with Crippen LogP contribution in [0.3, 0.4) is 0 Å². The maximum absolute atomic E-state index is 13.5. The number of amides is 1. The van der Waals surface area contributed by atoms with Gasteiger partial charge in [0.15, 0.2) is 17.3 Å². The number of carbonyl (C=O) groups is 2. The normalized spacial score (nSPS) is 13.7. The van der Waals surface area contributed by atoms with Gasteiger partial charge in [0.05, 0.1) is 36.1 Å². The Labute approximate surface area is 250 Å². The van der Waals surface area contributed by atoms with Crippen molar-refractivity contribution in [1.82, 2.24) is 14.7 Å². The summed E-state index contributed by atoms with van der Waals surface area (Å²) in [6, 6.07) is 19.4. The highest BCUT2D eigenvalue weighted by molar-refractivity contribution is 6.00. The molecule has 0 spiro atoms. The lowest BCUT2D eigenvalue weighted by molar-refractivity contribution is -0.384. The Morgan fingerprint density at radius 1 is 1.00 bits per heavy atom. The molecule has 10 heteroatoms. The summed E-state index contributed by atoms with van der Waals surface area (Å²) in [4.78, 5) is 40.1. The van der Waals surface area contributed by atoms with Crippen LogP contribution in [0.1, 0.15) is 63.5 Å². The van der Waals surface area contributed by atoms with E-state index in [9.17, 15) is 19.7 Å². The molecule has 1 aliphatic rings. The number of hydrogen-bond donors (Lipinski definition) is 0. The number of aromatic nitrogens is 2. The van der Waals surface area contributed by atoms with Gasteiger partial charge in [-0.15, -0.1) is 0 Å². The van der Waals surface area contributed by atoms with Gasteiger partial charge in [-0.05, 0) is 47.2 Å². The summed E-state index contributed by atoms with van der Waals surface area (Å²) in [6.45, 7) is 4.36. The minimum Gasteiger partial charge on any atom is -0.493 e. The van der Waals surface area contributed by atoms with E-state index in [0.717, 1.165) is 11.1 Å². The van der Waals surface area contributed by atoms with E-state index < -0.39 is 4.92 Å². The van der Waals surface area contributed by atoms with Crippen LogP contribution >= 0.6 is 0 Å². The number of carbonyl (C=O) groups excluding carboxylic acids is 2. The molecule has 0 bridgehead atoms. The van der Waals surface area contributed by atoms with Gasteiger partial charge in [0.1, 0.15) is 5.69 Å². The number of benzene rings is 3. The van der Waals surface area contributed by atoms with Crippen molar-refractivity contribution in [2.75, 3.05) is 21.3 Å². The maximum atomic E-state index is 13.5. The molecule has 0 unspecified atom stereocenters. The summed E-state index contributed by atoms with van der Waals surface area (Å²) in [7, 11) is 4.77. The molecule has 5 rings (SSSR count). The molecule has 0 fully saturated rings. The Morgan fingerprint density at radius 3 is 2.40 bits per heavy atom. The van der Waals surface area contributed by atoms with E-state index in [4.69, 9.17) is 14.6 Å². The van der Waals surface area contributed by atoms with Crippen molar-refractivity contribution in [3.8, 4) is 17.2 Å². The van der Waals surface area contributed by atoms with Crippen molar-refractivity contribution in [3.63, 3.8) is 0 Å². The highest BCUT2D eigenvalue weighted by Gasteiger charge is 2.38. The molecule has 3 aromatic carbocycles. The van der Waals surface area contributed by atoms with Crippen molar-refractivity contribution in [3.05, 3.63) is 110 Å². The van der Waals surface area contributed by atoms with Crippen LogP contribution in [0, 0.1) is 15.5 Å². The van der Waals surface area contributed by atoms with Crippen molar-refractivity contribution in [1.29, 1.82) is 0 Å². The van der Waals surface area contributed by atoms with Crippen molar-refractivity contribution in [2.45, 2.75) is 39.7 Å². The zero-order valence-corrected chi connectivity index (χ0v) is 24.9. The summed E-state index contributed by atoms with van der Waals surface area (Å²) in [5, 5.41) is 17.2. The Hall–Kier alpha value is -4.99. The first-order chi connectivity index (χ1) is 20.5. The quantitative estimate of drug-likeness (QED) is 0.180. The fraction of sp³-hybridized carbons (Fsp3) is 0.303. The average molecular weight is 583 g/mol. The Bertz CT molecular complexity index is 1710. The smallest absolute Gasteiger partial charge is 0.295 e.